The van der Waals surface area contributed by atoms with Gasteiger partial charge in [0.05, 0.1) is 52.9 Å². The Morgan fingerprint density at radius 1 is 0.448 bits per heavy atom. The molecule has 1 rings (SSSR count). The fraction of sp³-hybridized carbons (Fsp3) is 0.761. The van der Waals surface area contributed by atoms with E-state index in [2.05, 4.69) is 20.7 Å². The Bertz CT molecular complexity index is 1500. The van der Waals surface area contributed by atoms with Gasteiger partial charge in [-0.25, -0.2) is 13.2 Å². The monoisotopic (exact) mass is 970 g/mol. The molecule has 0 saturated carbocycles. The molecule has 0 spiro atoms. The number of nitrogens with one attached hydrogen (secondary N) is 3. The van der Waals surface area contributed by atoms with Crippen LogP contribution in [0.3, 0.4) is 0 Å². The topological polar surface area (TPSA) is 229 Å². The third-order valence-electron chi connectivity index (χ3n) is 10.4. The molecule has 0 aromatic heterocycles. The van der Waals surface area contributed by atoms with Gasteiger partial charge in [0.15, 0.2) is 0 Å². The van der Waals surface area contributed by atoms with Gasteiger partial charge in [-0.1, -0.05) is 38.5 Å². The number of amides is 3. The zero-order valence-electron chi connectivity index (χ0n) is 39.4. The van der Waals surface area contributed by atoms with Gasteiger partial charge in [-0.2, -0.15) is 8.78 Å². The number of Topliss-reactive ketones (excluding diaryl/α,β-unsaturated/α-hetero) is 1. The summed E-state index contributed by atoms with van der Waals surface area (Å²) in [5.74, 6) is -14.8. The normalized spacial score (nSPS) is 12.2. The van der Waals surface area contributed by atoms with Crippen molar-refractivity contribution in [3.63, 3.8) is 0 Å². The Hall–Kier alpha value is -3.86. The van der Waals surface area contributed by atoms with E-state index in [4.69, 9.17) is 35.2 Å². The number of esters is 1. The average molecular weight is 970 g/mol. The number of ketones is 1. The van der Waals surface area contributed by atoms with E-state index >= 15 is 0 Å². The van der Waals surface area contributed by atoms with Gasteiger partial charge in [-0.3, -0.25) is 19.2 Å². The second kappa shape index (κ2) is 39.0. The summed E-state index contributed by atoms with van der Waals surface area (Å²) < 4.78 is 99.2. The number of carbonyl (C=O) groups is 5. The minimum Gasteiger partial charge on any atom is -0.420 e. The number of halogens is 5. The Labute approximate surface area is 392 Å². The molecule has 386 valence electrons. The number of hydrogen-bond donors (Lipinski definition) is 5. The van der Waals surface area contributed by atoms with Crippen molar-refractivity contribution in [1.82, 2.24) is 16.0 Å². The third-order valence-corrected chi connectivity index (χ3v) is 10.4. The molecule has 0 aliphatic rings. The highest BCUT2D eigenvalue weighted by Gasteiger charge is 2.33. The number of unbranched alkanes of at least 4 members (excludes halogenated alkanes) is 9. The van der Waals surface area contributed by atoms with E-state index in [0.717, 1.165) is 44.9 Å². The summed E-state index contributed by atoms with van der Waals surface area (Å²) in [5, 5.41) is 8.78. The lowest BCUT2D eigenvalue weighted by Gasteiger charge is -2.35. The maximum atomic E-state index is 13.8. The molecule has 67 heavy (non-hydrogen) atoms. The third kappa shape index (κ3) is 30.3. The highest BCUT2D eigenvalue weighted by molar-refractivity contribution is 5.80. The molecule has 0 bridgehead atoms. The van der Waals surface area contributed by atoms with Gasteiger partial charge >= 0.3 is 5.97 Å². The maximum Gasteiger partial charge on any atom is 0.311 e. The van der Waals surface area contributed by atoms with Crippen LogP contribution in [0.1, 0.15) is 129 Å². The van der Waals surface area contributed by atoms with Crippen LogP contribution >= 0.6 is 0 Å². The molecule has 1 aromatic rings. The minimum absolute atomic E-state index is 0.0329. The molecule has 1 unspecified atom stereocenters. The van der Waals surface area contributed by atoms with Crippen LogP contribution in [-0.4, -0.2) is 127 Å². The van der Waals surface area contributed by atoms with E-state index in [1.165, 1.54) is 6.92 Å². The minimum atomic E-state index is -2.34. The quantitative estimate of drug-likeness (QED) is 0.0139. The molecule has 7 N–H and O–H groups in total. The SMILES string of the molecule is CC(=O)CCC(CCC(=O)NCCOCCCCCOCCN)(CCC(=O)NCCOCCOCCOCCN)NC(=O)CCCCCCCCCCC(=O)Oc1c(F)c(F)c(F)c(F)c1F. The Morgan fingerprint density at radius 2 is 0.836 bits per heavy atom. The predicted molar refractivity (Wildman–Crippen MR) is 239 cm³/mol. The van der Waals surface area contributed by atoms with Gasteiger partial charge in [0.2, 0.25) is 52.6 Å². The molecule has 1 atom stereocenters. The van der Waals surface area contributed by atoms with Crippen LogP contribution in [0.15, 0.2) is 0 Å². The van der Waals surface area contributed by atoms with Crippen LogP contribution in [0, 0.1) is 29.1 Å². The summed E-state index contributed by atoms with van der Waals surface area (Å²) in [6.45, 7) is 7.29. The highest BCUT2D eigenvalue weighted by Crippen LogP contribution is 2.30. The first-order valence-electron chi connectivity index (χ1n) is 23.6. The zero-order valence-corrected chi connectivity index (χ0v) is 39.4. The molecule has 0 heterocycles. The van der Waals surface area contributed by atoms with Crippen LogP contribution < -0.4 is 32.2 Å². The lowest BCUT2D eigenvalue weighted by molar-refractivity contribution is -0.135. The van der Waals surface area contributed by atoms with Crippen molar-refractivity contribution in [3.8, 4) is 5.75 Å². The highest BCUT2D eigenvalue weighted by atomic mass is 19.2. The second-order valence-corrected chi connectivity index (χ2v) is 16.1. The Balaban J connectivity index is 2.62. The molecule has 0 saturated heterocycles. The molecule has 0 fully saturated rings. The van der Waals surface area contributed by atoms with E-state index in [1.54, 1.807) is 0 Å². The van der Waals surface area contributed by atoms with Crippen molar-refractivity contribution in [2.24, 2.45) is 11.5 Å². The zero-order chi connectivity index (χ0) is 49.5. The van der Waals surface area contributed by atoms with Gasteiger partial charge in [0, 0.05) is 77.0 Å². The number of ether oxygens (including phenoxy) is 6. The van der Waals surface area contributed by atoms with Gasteiger partial charge in [0.1, 0.15) is 5.78 Å². The van der Waals surface area contributed by atoms with Gasteiger partial charge in [-0.05, 0) is 58.3 Å². The van der Waals surface area contributed by atoms with Gasteiger partial charge in [0.25, 0.3) is 0 Å². The van der Waals surface area contributed by atoms with E-state index in [0.29, 0.717) is 98.4 Å². The molecule has 16 nitrogen and oxygen atoms in total. The number of carbonyl (C=O) groups excluding carboxylic acids is 5. The van der Waals surface area contributed by atoms with Crippen LogP contribution in [0.25, 0.3) is 0 Å². The van der Waals surface area contributed by atoms with E-state index in [1.807, 2.05) is 0 Å². The number of benzene rings is 1. The molecule has 0 aliphatic carbocycles. The lowest BCUT2D eigenvalue weighted by Crippen LogP contribution is -2.50. The molecular weight excluding hydrogens is 894 g/mol. The van der Waals surface area contributed by atoms with E-state index in [-0.39, 0.29) is 94.4 Å². The summed E-state index contributed by atoms with van der Waals surface area (Å²) in [4.78, 5) is 63.6. The Morgan fingerprint density at radius 3 is 1.33 bits per heavy atom. The fourth-order valence-electron chi connectivity index (χ4n) is 6.70. The molecule has 1 aromatic carbocycles. The first kappa shape index (κ1) is 61.2. The van der Waals surface area contributed by atoms with Crippen molar-refractivity contribution in [1.29, 1.82) is 0 Å². The molecule has 0 radical (unpaired) electrons. The molecule has 3 amide bonds. The fourth-order valence-corrected chi connectivity index (χ4v) is 6.70. The van der Waals surface area contributed by atoms with Gasteiger partial charge in [-0.15, -0.1) is 0 Å². The average Bonchev–Trinajstić information content (AvgIpc) is 3.31. The first-order chi connectivity index (χ1) is 32.3. The van der Waals surface area contributed by atoms with E-state index in [9.17, 15) is 45.9 Å². The van der Waals surface area contributed by atoms with Crippen molar-refractivity contribution in [2.75, 3.05) is 92.2 Å². The summed E-state index contributed by atoms with van der Waals surface area (Å²) in [6, 6.07) is 0. The molecular formula is C46H76F5N5O11. The Kier molecular flexibility index (Phi) is 35.6. The maximum absolute atomic E-state index is 13.8. The van der Waals surface area contributed by atoms with Crippen molar-refractivity contribution >= 4 is 29.5 Å². The predicted octanol–water partition coefficient (Wildman–Crippen LogP) is 5.38. The molecule has 0 aliphatic heterocycles. The van der Waals surface area contributed by atoms with Crippen LogP contribution in [0.5, 0.6) is 5.75 Å². The van der Waals surface area contributed by atoms with Crippen molar-refractivity contribution in [2.45, 2.75) is 134 Å². The summed E-state index contributed by atoms with van der Waals surface area (Å²) in [6.07, 6.45) is 8.75. The number of hydrogen-bond acceptors (Lipinski definition) is 13. The largest absolute Gasteiger partial charge is 0.420 e. The molecule has 21 heteroatoms. The van der Waals surface area contributed by atoms with E-state index < -0.39 is 46.3 Å². The van der Waals surface area contributed by atoms with Gasteiger partial charge < -0.3 is 60.6 Å². The van der Waals surface area contributed by atoms with Crippen LogP contribution in [0.2, 0.25) is 0 Å². The summed E-state index contributed by atoms with van der Waals surface area (Å²) in [7, 11) is 0. The number of rotatable bonds is 44. The van der Waals surface area contributed by atoms with Crippen LogP contribution in [-0.2, 0) is 47.7 Å². The summed E-state index contributed by atoms with van der Waals surface area (Å²) >= 11 is 0. The summed E-state index contributed by atoms with van der Waals surface area (Å²) in [5.41, 5.74) is 9.78. The second-order valence-electron chi connectivity index (χ2n) is 16.1. The van der Waals surface area contributed by atoms with Crippen LogP contribution in [0.4, 0.5) is 22.0 Å². The first-order valence-corrected chi connectivity index (χ1v) is 23.6. The van der Waals surface area contributed by atoms with Crippen molar-refractivity contribution in [3.05, 3.63) is 29.1 Å². The standard InChI is InChI=1S/C46H76F5N5O11/c1-35(57)15-18-46(19-16-36(58)54-23-29-63-26-12-8-11-25-62-27-21-52,20-17-37(59)55-24-30-65-32-34-66-33-31-64-28-22-53)56-38(60)13-9-6-4-2-3-5-7-10-14-39(61)67-45-43(50)41(48)40(47)42(49)44(45)51/h2-34,52-53H2,1H3,(H,54,58)(H,55,59)(H,56,60). The lowest BCUT2D eigenvalue weighted by atomic mass is 9.82. The smallest absolute Gasteiger partial charge is 0.311 e. The van der Waals surface area contributed by atoms with Crippen molar-refractivity contribution < 1.29 is 74.3 Å². The number of nitrogens with two attached hydrogens (primary N) is 2.